The maximum atomic E-state index is 9.79. The van der Waals surface area contributed by atoms with Crippen LogP contribution >= 0.6 is 0 Å². The highest BCUT2D eigenvalue weighted by Crippen LogP contribution is 2.39. The van der Waals surface area contributed by atoms with Gasteiger partial charge >= 0.3 is 0 Å². The number of hydrogen-bond acceptors (Lipinski definition) is 7. The molecular weight excluding hydrogens is 603 g/mol. The van der Waals surface area contributed by atoms with Gasteiger partial charge in [-0.15, -0.1) is 0 Å². The van der Waals surface area contributed by atoms with Crippen molar-refractivity contribution in [3.05, 3.63) is 161 Å². The molecule has 0 atom stereocenters. The van der Waals surface area contributed by atoms with Crippen LogP contribution in [0.3, 0.4) is 0 Å². The van der Waals surface area contributed by atoms with Crippen LogP contribution in [0.4, 0.5) is 17.1 Å². The molecule has 7 nitrogen and oxygen atoms in total. The Kier molecular flexibility index (Phi) is 8.61. The van der Waals surface area contributed by atoms with E-state index in [1.165, 1.54) is 0 Å². The van der Waals surface area contributed by atoms with Gasteiger partial charge in [0.2, 0.25) is 0 Å². The van der Waals surface area contributed by atoms with Crippen molar-refractivity contribution in [3.8, 4) is 69.8 Å². The molecule has 0 radical (unpaired) electrons. The Balaban J connectivity index is 1.45. The summed E-state index contributed by atoms with van der Waals surface area (Å²) in [7, 11) is 0. The van der Waals surface area contributed by atoms with E-state index in [0.717, 1.165) is 33.8 Å². The molecule has 0 heterocycles. The first-order valence-electron chi connectivity index (χ1n) is 15.0. The van der Waals surface area contributed by atoms with Crippen molar-refractivity contribution in [2.24, 2.45) is 0 Å². The van der Waals surface area contributed by atoms with Crippen LogP contribution < -0.4 is 4.90 Å². The summed E-state index contributed by atoms with van der Waals surface area (Å²) in [6, 6.07) is 51.4. The SMILES string of the molecule is N#Cc1cccc(-c2ccc(N(c3ccc(-c4cccc(C#N)c4C#N)cc3)c3ccc(-c4cccc(C#N)c4C#N)cc3)cc2)c1C#N. The van der Waals surface area contributed by atoms with E-state index >= 15 is 0 Å². The first-order valence-corrected chi connectivity index (χ1v) is 15.0. The number of hydrogen-bond donors (Lipinski definition) is 0. The van der Waals surface area contributed by atoms with E-state index in [4.69, 9.17) is 0 Å². The zero-order valence-electron chi connectivity index (χ0n) is 25.8. The fraction of sp³-hybridized carbons (Fsp3) is 0. The summed E-state index contributed by atoms with van der Waals surface area (Å²) in [5, 5.41) is 57.9. The Labute approximate surface area is 283 Å². The van der Waals surface area contributed by atoms with Gasteiger partial charge in [-0.3, -0.25) is 0 Å². The second-order valence-electron chi connectivity index (χ2n) is 10.8. The van der Waals surface area contributed by atoms with Gasteiger partial charge in [-0.05, 0) is 71.3 Å². The highest BCUT2D eigenvalue weighted by molar-refractivity contribution is 5.83. The van der Waals surface area contributed by atoms with Gasteiger partial charge in [0.05, 0.1) is 33.4 Å². The molecule has 0 saturated carbocycles. The van der Waals surface area contributed by atoms with Crippen LogP contribution in [0.15, 0.2) is 127 Å². The van der Waals surface area contributed by atoms with Crippen LogP contribution in [0.25, 0.3) is 33.4 Å². The lowest BCUT2D eigenvalue weighted by molar-refractivity contribution is 1.28. The van der Waals surface area contributed by atoms with Crippen LogP contribution in [-0.2, 0) is 0 Å². The van der Waals surface area contributed by atoms with Crippen molar-refractivity contribution in [2.45, 2.75) is 0 Å². The van der Waals surface area contributed by atoms with E-state index in [2.05, 4.69) is 36.4 Å². The minimum atomic E-state index is 0.311. The van der Waals surface area contributed by atoms with Crippen molar-refractivity contribution < 1.29 is 0 Å². The molecule has 0 aliphatic carbocycles. The predicted molar refractivity (Wildman–Crippen MR) is 186 cm³/mol. The van der Waals surface area contributed by atoms with E-state index in [1.54, 1.807) is 36.4 Å². The minimum absolute atomic E-state index is 0.311. The molecule has 0 amide bonds. The largest absolute Gasteiger partial charge is 0.311 e. The summed E-state index contributed by atoms with van der Waals surface area (Å²) in [5.74, 6) is 0. The summed E-state index contributed by atoms with van der Waals surface area (Å²) >= 11 is 0. The summed E-state index contributed by atoms with van der Waals surface area (Å²) in [4.78, 5) is 2.04. The Hall–Kier alpha value is -7.94. The van der Waals surface area contributed by atoms with E-state index in [9.17, 15) is 31.6 Å². The first-order chi connectivity index (χ1) is 24.0. The smallest absolute Gasteiger partial charge is 0.101 e. The average Bonchev–Trinajstić information content (AvgIpc) is 3.17. The molecule has 6 aromatic carbocycles. The molecule has 0 fully saturated rings. The van der Waals surface area contributed by atoms with Crippen molar-refractivity contribution in [1.82, 2.24) is 0 Å². The van der Waals surface area contributed by atoms with E-state index < -0.39 is 0 Å². The number of nitrogens with zero attached hydrogens (tertiary/aromatic N) is 7. The van der Waals surface area contributed by atoms with E-state index in [0.29, 0.717) is 50.1 Å². The van der Waals surface area contributed by atoms with E-state index in [-0.39, 0.29) is 0 Å². The van der Waals surface area contributed by atoms with Gasteiger partial charge in [-0.25, -0.2) is 0 Å². The van der Waals surface area contributed by atoms with Gasteiger partial charge < -0.3 is 4.90 Å². The number of benzene rings is 6. The van der Waals surface area contributed by atoms with Gasteiger partial charge in [0, 0.05) is 33.8 Å². The minimum Gasteiger partial charge on any atom is -0.311 e. The molecule has 6 rings (SSSR count). The second kappa shape index (κ2) is 13.6. The molecule has 0 bridgehead atoms. The lowest BCUT2D eigenvalue weighted by atomic mass is 9.95. The Morgan fingerprint density at radius 2 is 0.571 bits per heavy atom. The van der Waals surface area contributed by atoms with Crippen molar-refractivity contribution in [2.75, 3.05) is 4.90 Å². The topological polar surface area (TPSA) is 146 Å². The normalized spacial score (nSPS) is 9.92. The standard InChI is InChI=1S/C42H21N7/c43-22-31-4-1-7-37(40(31)25-46)28-10-16-34(17-11-28)49(35-18-12-29(13-19-35)38-8-2-5-32(23-44)41(38)26-47)36-20-14-30(15-21-36)39-9-3-6-33(24-45)42(39)27-48/h1-21H. The van der Waals surface area contributed by atoms with Crippen molar-refractivity contribution in [3.63, 3.8) is 0 Å². The van der Waals surface area contributed by atoms with Crippen LogP contribution in [0, 0.1) is 68.0 Å². The fourth-order valence-electron chi connectivity index (χ4n) is 5.84. The van der Waals surface area contributed by atoms with Crippen LogP contribution in [0.1, 0.15) is 33.4 Å². The maximum absolute atomic E-state index is 9.79. The molecule has 0 spiro atoms. The van der Waals surface area contributed by atoms with Crippen molar-refractivity contribution in [1.29, 1.82) is 31.6 Å². The second-order valence-corrected chi connectivity index (χ2v) is 10.8. The van der Waals surface area contributed by atoms with Gasteiger partial charge in [0.1, 0.15) is 36.4 Å². The number of anilines is 3. The molecule has 0 aliphatic rings. The molecular formula is C42H21N7. The average molecular weight is 624 g/mol. The third kappa shape index (κ3) is 5.80. The summed E-state index contributed by atoms with van der Waals surface area (Å²) in [6.07, 6.45) is 0. The highest BCUT2D eigenvalue weighted by Gasteiger charge is 2.17. The predicted octanol–water partition coefficient (Wildman–Crippen LogP) is 9.39. The summed E-state index contributed by atoms with van der Waals surface area (Å²) < 4.78 is 0. The van der Waals surface area contributed by atoms with Gasteiger partial charge in [-0.1, -0.05) is 72.8 Å². The molecule has 0 aromatic heterocycles. The zero-order chi connectivity index (χ0) is 34.3. The van der Waals surface area contributed by atoms with Gasteiger partial charge in [0.25, 0.3) is 0 Å². The Bertz CT molecular complexity index is 2210. The lowest BCUT2D eigenvalue weighted by Crippen LogP contribution is -2.10. The number of rotatable bonds is 6. The summed E-state index contributed by atoms with van der Waals surface area (Å²) in [5.41, 5.74) is 8.65. The molecule has 0 aliphatic heterocycles. The third-order valence-electron chi connectivity index (χ3n) is 8.20. The molecule has 7 heteroatoms. The van der Waals surface area contributed by atoms with Gasteiger partial charge in [0.15, 0.2) is 0 Å². The molecule has 0 unspecified atom stereocenters. The highest BCUT2D eigenvalue weighted by atomic mass is 15.1. The van der Waals surface area contributed by atoms with Crippen LogP contribution in [0.2, 0.25) is 0 Å². The fourth-order valence-corrected chi connectivity index (χ4v) is 5.84. The van der Waals surface area contributed by atoms with Crippen molar-refractivity contribution >= 4 is 17.1 Å². The van der Waals surface area contributed by atoms with Crippen LogP contribution in [0.5, 0.6) is 0 Å². The van der Waals surface area contributed by atoms with E-state index in [1.807, 2.05) is 95.9 Å². The quantitative estimate of drug-likeness (QED) is 0.180. The first kappa shape index (κ1) is 31.1. The monoisotopic (exact) mass is 623 g/mol. The number of nitriles is 6. The van der Waals surface area contributed by atoms with Crippen LogP contribution in [-0.4, -0.2) is 0 Å². The molecule has 0 saturated heterocycles. The molecule has 224 valence electrons. The Morgan fingerprint density at radius 1 is 0.306 bits per heavy atom. The lowest BCUT2D eigenvalue weighted by Gasteiger charge is -2.26. The molecule has 49 heavy (non-hydrogen) atoms. The molecule has 6 aromatic rings. The summed E-state index contributed by atoms with van der Waals surface area (Å²) in [6.45, 7) is 0. The zero-order valence-corrected chi connectivity index (χ0v) is 25.8. The third-order valence-corrected chi connectivity index (χ3v) is 8.20. The van der Waals surface area contributed by atoms with Gasteiger partial charge in [-0.2, -0.15) is 31.6 Å². The maximum Gasteiger partial charge on any atom is 0.101 e. The molecule has 0 N–H and O–H groups in total. The Morgan fingerprint density at radius 3 is 0.796 bits per heavy atom.